The molecule has 0 aromatic heterocycles. The second kappa shape index (κ2) is 39.2. The minimum absolute atomic E-state index is 0.0670. The van der Waals surface area contributed by atoms with Gasteiger partial charge in [-0.3, -0.25) is 19.2 Å². The van der Waals surface area contributed by atoms with Gasteiger partial charge in [0.05, 0.1) is 49.7 Å². The predicted molar refractivity (Wildman–Crippen MR) is 263 cm³/mol. The molecular weight excluding hydrogens is 1000 g/mol. The Morgan fingerprint density at radius 2 is 0.443 bits per heavy atom. The molecule has 0 saturated heterocycles. The molecule has 0 bridgehead atoms. The minimum Gasteiger partial charge on any atom is -0.465 e. The maximum Gasteiger partial charge on any atom is 0.330 e. The lowest BCUT2D eigenvalue weighted by Crippen LogP contribution is -2.47. The molecule has 0 aliphatic rings. The van der Waals surface area contributed by atoms with Crippen LogP contribution in [-0.4, -0.2) is 162 Å². The summed E-state index contributed by atoms with van der Waals surface area (Å²) >= 11 is 15.9. The van der Waals surface area contributed by atoms with Crippen molar-refractivity contribution >= 4 is 110 Å². The first-order valence-corrected chi connectivity index (χ1v) is 23.2. The third-order valence-corrected chi connectivity index (χ3v) is 9.26. The van der Waals surface area contributed by atoms with E-state index in [1.54, 1.807) is 0 Å². The maximum absolute atomic E-state index is 11.8. The SMILES string of the molecule is C=CC(=O)OCC(COCC(COC(=O)C=C)(COC(=O)C=C)COC(=O)C=C)(COC(=O)C=C)COC(=O)C=C.O=C(CCS)OCC(COC(=O)CCS)(COC(=O)CCS)COC(=O)CCS. The molecular formula is C45H62O21S4. The number of rotatable bonds is 38. The molecule has 0 radical (unpaired) electrons. The van der Waals surface area contributed by atoms with Crippen molar-refractivity contribution in [3.05, 3.63) is 75.9 Å². The van der Waals surface area contributed by atoms with Gasteiger partial charge in [0.1, 0.15) is 71.5 Å². The van der Waals surface area contributed by atoms with Gasteiger partial charge < -0.3 is 52.1 Å². The Morgan fingerprint density at radius 1 is 0.286 bits per heavy atom. The molecule has 0 amide bonds. The molecule has 0 aliphatic carbocycles. The molecule has 0 spiro atoms. The summed E-state index contributed by atoms with van der Waals surface area (Å²) in [6.45, 7) is 15.0. The fourth-order valence-electron chi connectivity index (χ4n) is 4.52. The largest absolute Gasteiger partial charge is 0.465 e. The average molecular weight is 1070 g/mol. The van der Waals surface area contributed by atoms with Gasteiger partial charge in [-0.25, -0.2) is 28.8 Å². The topological polar surface area (TPSA) is 272 Å². The van der Waals surface area contributed by atoms with Gasteiger partial charge in [-0.1, -0.05) is 39.5 Å². The number of ether oxygens (including phenoxy) is 11. The normalized spacial score (nSPS) is 10.7. The predicted octanol–water partition coefficient (Wildman–Crippen LogP) is 2.78. The monoisotopic (exact) mass is 1070 g/mol. The zero-order valence-corrected chi connectivity index (χ0v) is 42.3. The van der Waals surface area contributed by atoms with Gasteiger partial charge in [-0.15, -0.1) is 0 Å². The smallest absolute Gasteiger partial charge is 0.330 e. The Labute approximate surface area is 428 Å². The molecule has 0 aliphatic heterocycles. The maximum atomic E-state index is 11.8. The van der Waals surface area contributed by atoms with E-state index in [9.17, 15) is 47.9 Å². The number of esters is 10. The highest BCUT2D eigenvalue weighted by Gasteiger charge is 2.41. The van der Waals surface area contributed by atoms with Crippen molar-refractivity contribution in [2.75, 3.05) is 102 Å². The summed E-state index contributed by atoms with van der Waals surface area (Å²) in [4.78, 5) is 118. The van der Waals surface area contributed by atoms with E-state index in [2.05, 4.69) is 90.0 Å². The summed E-state index contributed by atoms with van der Waals surface area (Å²) in [5.41, 5.74) is -4.23. The van der Waals surface area contributed by atoms with Crippen LogP contribution in [-0.2, 0) is 100 Å². The molecule has 0 aromatic carbocycles. The lowest BCUT2D eigenvalue weighted by Gasteiger charge is -2.35. The number of hydrogen-bond acceptors (Lipinski definition) is 25. The third-order valence-electron chi connectivity index (χ3n) is 8.36. The molecule has 70 heavy (non-hydrogen) atoms. The quantitative estimate of drug-likeness (QED) is 0.0300. The molecule has 0 rings (SSSR count). The summed E-state index contributed by atoms with van der Waals surface area (Å²) in [5, 5.41) is 0. The Balaban J connectivity index is 0. The van der Waals surface area contributed by atoms with Crippen molar-refractivity contribution in [1.29, 1.82) is 0 Å². The Hall–Kier alpha value is -5.50. The summed E-state index contributed by atoms with van der Waals surface area (Å²) in [6.07, 6.45) is 5.59. The molecule has 0 heterocycles. The first kappa shape index (κ1) is 66.6. The summed E-state index contributed by atoms with van der Waals surface area (Å²) < 4.78 is 57.6. The van der Waals surface area contributed by atoms with E-state index in [4.69, 9.17) is 52.1 Å². The standard InChI is InChI=1S/C28H34O13.C17H28O8S4/c1-7-21(29)36-15-27(16-37-22(30)8-2,17-38-23(31)9-3)13-35-14-28(18-39-24(32)10-4,19-40-25(33)11-5)20-41-26(34)12-6;18-13(1-5-26)22-9-17(10-23-14(19)2-6-27,11-24-15(20)3-7-28)12-25-16(21)4-8-29/h7-12H,1-6,13-20H2;26-29H,1-12H2. The van der Waals surface area contributed by atoms with Crippen LogP contribution in [0.25, 0.3) is 0 Å². The molecule has 0 fully saturated rings. The fraction of sp³-hybridized carbons (Fsp3) is 0.511. The van der Waals surface area contributed by atoms with Gasteiger partial charge in [0.25, 0.3) is 0 Å². The second-order valence-electron chi connectivity index (χ2n) is 14.4. The highest BCUT2D eigenvalue weighted by molar-refractivity contribution is 7.80. The molecule has 0 unspecified atom stereocenters. The van der Waals surface area contributed by atoms with Gasteiger partial charge in [0, 0.05) is 59.5 Å². The van der Waals surface area contributed by atoms with Gasteiger partial charge in [-0.2, -0.15) is 50.5 Å². The van der Waals surface area contributed by atoms with Crippen LogP contribution in [0.1, 0.15) is 25.7 Å². The summed E-state index contributed by atoms with van der Waals surface area (Å²) in [6, 6.07) is 0. The highest BCUT2D eigenvalue weighted by Crippen LogP contribution is 2.27. The van der Waals surface area contributed by atoms with Crippen molar-refractivity contribution in [1.82, 2.24) is 0 Å². The number of thiol groups is 4. The molecule has 0 atom stereocenters. The van der Waals surface area contributed by atoms with Gasteiger partial charge in [-0.05, 0) is 0 Å². The molecule has 0 saturated carbocycles. The van der Waals surface area contributed by atoms with Gasteiger partial charge in [0.15, 0.2) is 0 Å². The summed E-state index contributed by atoms with van der Waals surface area (Å²) in [5.74, 6) is -5.99. The molecule has 25 heteroatoms. The first-order chi connectivity index (χ1) is 33.3. The van der Waals surface area contributed by atoms with E-state index >= 15 is 0 Å². The summed E-state index contributed by atoms with van der Waals surface area (Å²) in [7, 11) is 0. The Bertz CT molecular complexity index is 1510. The van der Waals surface area contributed by atoms with Crippen LogP contribution in [0, 0.1) is 16.2 Å². The zero-order chi connectivity index (χ0) is 53.4. The highest BCUT2D eigenvalue weighted by atomic mass is 32.1. The van der Waals surface area contributed by atoms with Crippen molar-refractivity contribution in [3.63, 3.8) is 0 Å². The van der Waals surface area contributed by atoms with Crippen LogP contribution in [0.3, 0.4) is 0 Å². The van der Waals surface area contributed by atoms with E-state index in [-0.39, 0.29) is 75.1 Å². The Kier molecular flexibility index (Phi) is 37.3. The molecule has 21 nitrogen and oxygen atoms in total. The van der Waals surface area contributed by atoms with E-state index in [0.717, 1.165) is 36.5 Å². The average Bonchev–Trinajstić information content (AvgIpc) is 3.36. The number of carbonyl (C=O) groups is 10. The third kappa shape index (κ3) is 31.6. The first-order valence-electron chi connectivity index (χ1n) is 20.6. The van der Waals surface area contributed by atoms with Crippen molar-refractivity contribution in [3.8, 4) is 0 Å². The van der Waals surface area contributed by atoms with Crippen LogP contribution in [0.2, 0.25) is 0 Å². The van der Waals surface area contributed by atoms with E-state index in [1.807, 2.05) is 0 Å². The van der Waals surface area contributed by atoms with E-state index in [0.29, 0.717) is 0 Å². The van der Waals surface area contributed by atoms with Crippen molar-refractivity contribution in [2.45, 2.75) is 25.7 Å². The van der Waals surface area contributed by atoms with Crippen LogP contribution >= 0.6 is 50.5 Å². The van der Waals surface area contributed by atoms with Gasteiger partial charge >= 0.3 is 59.7 Å². The molecule has 0 N–H and O–H groups in total. The van der Waals surface area contributed by atoms with Crippen LogP contribution in [0.15, 0.2) is 75.9 Å². The van der Waals surface area contributed by atoms with Crippen LogP contribution in [0.5, 0.6) is 0 Å². The molecule has 0 aromatic rings. The van der Waals surface area contributed by atoms with E-state index < -0.39 is 129 Å². The Morgan fingerprint density at radius 3 is 0.600 bits per heavy atom. The zero-order valence-electron chi connectivity index (χ0n) is 38.7. The lowest BCUT2D eigenvalue weighted by atomic mass is 9.90. The fourth-order valence-corrected chi connectivity index (χ4v) is 5.25. The molecule has 392 valence electrons. The van der Waals surface area contributed by atoms with Crippen molar-refractivity contribution in [2.24, 2.45) is 16.2 Å². The number of hydrogen-bond donors (Lipinski definition) is 4. The minimum atomic E-state index is -1.49. The lowest BCUT2D eigenvalue weighted by molar-refractivity contribution is -0.173. The van der Waals surface area contributed by atoms with Crippen molar-refractivity contribution < 1.29 is 100 Å². The van der Waals surface area contributed by atoms with Gasteiger partial charge in [0.2, 0.25) is 0 Å². The number of carbonyl (C=O) groups excluding carboxylic acids is 10. The second-order valence-corrected chi connectivity index (χ2v) is 16.2. The van der Waals surface area contributed by atoms with Crippen LogP contribution in [0.4, 0.5) is 0 Å². The van der Waals surface area contributed by atoms with Crippen LogP contribution < -0.4 is 0 Å². The van der Waals surface area contributed by atoms with E-state index in [1.165, 1.54) is 0 Å².